The largest absolute Gasteiger partial charge is 0.350 e. The summed E-state index contributed by atoms with van der Waals surface area (Å²) in [6, 6.07) is 4.30. The summed E-state index contributed by atoms with van der Waals surface area (Å²) in [7, 11) is -3.62. The van der Waals surface area contributed by atoms with Crippen molar-refractivity contribution in [3.05, 3.63) is 28.2 Å². The molecular weight excluding hydrogens is 397 g/mol. The average Bonchev–Trinajstić information content (AvgIpc) is 2.57. The molecule has 0 atom stereocenters. The molecule has 2 rings (SSSR count). The van der Waals surface area contributed by atoms with Gasteiger partial charge >= 0.3 is 0 Å². The second kappa shape index (κ2) is 8.44. The Balaban J connectivity index is 1.95. The van der Waals surface area contributed by atoms with Gasteiger partial charge in [-0.05, 0) is 38.5 Å². The maximum absolute atomic E-state index is 12.7. The maximum atomic E-state index is 12.7. The molecule has 0 spiro atoms. The molecule has 1 heterocycles. The van der Waals surface area contributed by atoms with E-state index in [1.165, 1.54) is 22.5 Å². The average molecular weight is 422 g/mol. The van der Waals surface area contributed by atoms with Crippen LogP contribution in [0.2, 0.25) is 10.0 Å². The van der Waals surface area contributed by atoms with Crippen molar-refractivity contribution in [2.75, 3.05) is 32.7 Å². The zero-order chi connectivity index (χ0) is 19.5. The number of nitrogens with one attached hydrogen (secondary N) is 1. The fourth-order valence-corrected chi connectivity index (χ4v) is 4.43. The molecule has 0 aliphatic carbocycles. The molecule has 0 radical (unpaired) electrons. The molecule has 9 heteroatoms. The van der Waals surface area contributed by atoms with Gasteiger partial charge in [-0.25, -0.2) is 8.42 Å². The Morgan fingerprint density at radius 1 is 1.15 bits per heavy atom. The standard InChI is InChI=1S/C17H25Cl2N3O3S/c1-4-17(2,3)20-16(23)12-21-7-9-22(10-8-21)26(24,25)13-5-6-14(18)15(19)11-13/h5-6,11H,4,7-10,12H2,1-3H3,(H,20,23). The molecule has 1 amide bonds. The summed E-state index contributed by atoms with van der Waals surface area (Å²) in [5.74, 6) is -0.0439. The zero-order valence-electron chi connectivity index (χ0n) is 15.3. The molecule has 1 N–H and O–H groups in total. The summed E-state index contributed by atoms with van der Waals surface area (Å²) in [6.45, 7) is 7.90. The third-order valence-corrected chi connectivity index (χ3v) is 7.22. The fraction of sp³-hybridized carbons (Fsp3) is 0.588. The number of hydrogen-bond acceptors (Lipinski definition) is 4. The van der Waals surface area contributed by atoms with Gasteiger partial charge in [-0.1, -0.05) is 30.1 Å². The van der Waals surface area contributed by atoms with Crippen molar-refractivity contribution >= 4 is 39.1 Å². The number of rotatable bonds is 6. The Kier molecular flexibility index (Phi) is 6.96. The lowest BCUT2D eigenvalue weighted by atomic mass is 10.0. The van der Waals surface area contributed by atoms with Crippen molar-refractivity contribution in [2.24, 2.45) is 0 Å². The Hall–Kier alpha value is -0.860. The van der Waals surface area contributed by atoms with Crippen LogP contribution in [0.1, 0.15) is 27.2 Å². The van der Waals surface area contributed by atoms with E-state index in [2.05, 4.69) is 5.32 Å². The van der Waals surface area contributed by atoms with Gasteiger partial charge in [0.1, 0.15) is 0 Å². The number of halogens is 2. The highest BCUT2D eigenvalue weighted by Gasteiger charge is 2.30. The SMILES string of the molecule is CCC(C)(C)NC(=O)CN1CCN(S(=O)(=O)c2ccc(Cl)c(Cl)c2)CC1. The minimum atomic E-state index is -3.62. The predicted octanol–water partition coefficient (Wildman–Crippen LogP) is 2.60. The minimum absolute atomic E-state index is 0.0439. The van der Waals surface area contributed by atoms with Crippen LogP contribution in [0.25, 0.3) is 0 Å². The van der Waals surface area contributed by atoms with Gasteiger partial charge in [0, 0.05) is 31.7 Å². The molecule has 0 unspecified atom stereocenters. The summed E-state index contributed by atoms with van der Waals surface area (Å²) in [4.78, 5) is 14.2. The minimum Gasteiger partial charge on any atom is -0.350 e. The molecule has 1 aliphatic heterocycles. The third kappa shape index (κ3) is 5.33. The highest BCUT2D eigenvalue weighted by Crippen LogP contribution is 2.27. The van der Waals surface area contributed by atoms with E-state index in [-0.39, 0.29) is 27.9 Å². The molecule has 0 saturated carbocycles. The lowest BCUT2D eigenvalue weighted by Crippen LogP contribution is -2.53. The van der Waals surface area contributed by atoms with E-state index in [0.29, 0.717) is 31.2 Å². The van der Waals surface area contributed by atoms with Gasteiger partial charge in [0.2, 0.25) is 15.9 Å². The molecular formula is C17H25Cl2N3O3S. The molecule has 1 aromatic rings. The van der Waals surface area contributed by atoms with Crippen molar-refractivity contribution in [1.29, 1.82) is 0 Å². The highest BCUT2D eigenvalue weighted by atomic mass is 35.5. The van der Waals surface area contributed by atoms with Crippen LogP contribution in [0, 0.1) is 0 Å². The first-order valence-corrected chi connectivity index (χ1v) is 10.7. The molecule has 1 saturated heterocycles. The Labute approximate surface area is 165 Å². The van der Waals surface area contributed by atoms with Gasteiger partial charge in [-0.15, -0.1) is 0 Å². The number of hydrogen-bond donors (Lipinski definition) is 1. The van der Waals surface area contributed by atoms with E-state index in [1.54, 1.807) is 0 Å². The Morgan fingerprint density at radius 2 is 1.77 bits per heavy atom. The van der Waals surface area contributed by atoms with Crippen LogP contribution in [0.5, 0.6) is 0 Å². The van der Waals surface area contributed by atoms with Crippen LogP contribution in [-0.4, -0.2) is 61.8 Å². The molecule has 146 valence electrons. The van der Waals surface area contributed by atoms with Crippen LogP contribution in [0.4, 0.5) is 0 Å². The number of nitrogens with zero attached hydrogens (tertiary/aromatic N) is 2. The number of carbonyl (C=O) groups excluding carboxylic acids is 1. The van der Waals surface area contributed by atoms with Gasteiger partial charge in [-0.3, -0.25) is 9.69 Å². The van der Waals surface area contributed by atoms with Gasteiger partial charge in [0.05, 0.1) is 21.5 Å². The molecule has 1 aromatic carbocycles. The molecule has 0 aromatic heterocycles. The van der Waals surface area contributed by atoms with Crippen LogP contribution in [-0.2, 0) is 14.8 Å². The summed E-state index contributed by atoms with van der Waals surface area (Å²) in [5.41, 5.74) is -0.240. The quantitative estimate of drug-likeness (QED) is 0.765. The van der Waals surface area contributed by atoms with Crippen molar-refractivity contribution in [3.8, 4) is 0 Å². The van der Waals surface area contributed by atoms with Crippen molar-refractivity contribution in [3.63, 3.8) is 0 Å². The fourth-order valence-electron chi connectivity index (χ4n) is 2.62. The van der Waals surface area contributed by atoms with E-state index in [0.717, 1.165) is 6.42 Å². The van der Waals surface area contributed by atoms with E-state index < -0.39 is 10.0 Å². The first-order valence-electron chi connectivity index (χ1n) is 8.54. The lowest BCUT2D eigenvalue weighted by Gasteiger charge is -2.34. The van der Waals surface area contributed by atoms with E-state index >= 15 is 0 Å². The van der Waals surface area contributed by atoms with Crippen LogP contribution >= 0.6 is 23.2 Å². The summed E-state index contributed by atoms with van der Waals surface area (Å²) in [6.07, 6.45) is 0.842. The zero-order valence-corrected chi connectivity index (χ0v) is 17.6. The molecule has 1 fully saturated rings. The highest BCUT2D eigenvalue weighted by molar-refractivity contribution is 7.89. The van der Waals surface area contributed by atoms with Gasteiger partial charge < -0.3 is 5.32 Å². The molecule has 6 nitrogen and oxygen atoms in total. The van der Waals surface area contributed by atoms with Crippen LogP contribution in [0.15, 0.2) is 23.1 Å². The van der Waals surface area contributed by atoms with Crippen LogP contribution < -0.4 is 5.32 Å². The van der Waals surface area contributed by atoms with Crippen LogP contribution in [0.3, 0.4) is 0 Å². The molecule has 0 bridgehead atoms. The predicted molar refractivity (Wildman–Crippen MR) is 104 cm³/mol. The second-order valence-electron chi connectivity index (χ2n) is 7.04. The number of benzene rings is 1. The first kappa shape index (κ1) is 21.4. The topological polar surface area (TPSA) is 69.7 Å². The summed E-state index contributed by atoms with van der Waals surface area (Å²) >= 11 is 11.8. The summed E-state index contributed by atoms with van der Waals surface area (Å²) < 4.78 is 26.9. The van der Waals surface area contributed by atoms with Gasteiger partial charge in [0.25, 0.3) is 0 Å². The van der Waals surface area contributed by atoms with Crippen molar-refractivity contribution in [2.45, 2.75) is 37.6 Å². The van der Waals surface area contributed by atoms with Gasteiger partial charge in [0.15, 0.2) is 0 Å². The monoisotopic (exact) mass is 421 g/mol. The lowest BCUT2D eigenvalue weighted by molar-refractivity contribution is -0.124. The maximum Gasteiger partial charge on any atom is 0.243 e. The number of sulfonamides is 1. The van der Waals surface area contributed by atoms with Crippen molar-refractivity contribution < 1.29 is 13.2 Å². The Morgan fingerprint density at radius 3 is 2.31 bits per heavy atom. The number of amides is 1. The first-order chi connectivity index (χ1) is 12.0. The second-order valence-corrected chi connectivity index (χ2v) is 9.79. The van der Waals surface area contributed by atoms with E-state index in [4.69, 9.17) is 23.2 Å². The number of piperazine rings is 1. The van der Waals surface area contributed by atoms with Gasteiger partial charge in [-0.2, -0.15) is 4.31 Å². The normalized spacial score (nSPS) is 17.3. The van der Waals surface area contributed by atoms with E-state index in [9.17, 15) is 13.2 Å². The third-order valence-electron chi connectivity index (χ3n) is 4.59. The van der Waals surface area contributed by atoms with Crippen molar-refractivity contribution in [1.82, 2.24) is 14.5 Å². The molecule has 26 heavy (non-hydrogen) atoms. The number of carbonyl (C=O) groups is 1. The van der Waals surface area contributed by atoms with E-state index in [1.807, 2.05) is 25.7 Å². The smallest absolute Gasteiger partial charge is 0.243 e. The molecule has 1 aliphatic rings. The Bertz CT molecular complexity index is 761. The summed E-state index contributed by atoms with van der Waals surface area (Å²) in [5, 5.41) is 3.52.